The number of hydrogen-bond donors (Lipinski definition) is 2. The maximum absolute atomic E-state index is 5.92. The third-order valence-electron chi connectivity index (χ3n) is 3.41. The molecule has 3 N–H and O–H groups in total. The van der Waals surface area contributed by atoms with Gasteiger partial charge in [0, 0.05) is 12.2 Å². The Labute approximate surface area is 126 Å². The van der Waals surface area contributed by atoms with Crippen molar-refractivity contribution >= 4 is 11.6 Å². The van der Waals surface area contributed by atoms with Gasteiger partial charge in [-0.25, -0.2) is 0 Å². The molecule has 0 saturated carbocycles. The van der Waals surface area contributed by atoms with Gasteiger partial charge in [-0.05, 0) is 43.0 Å². The van der Waals surface area contributed by atoms with Crippen LogP contribution >= 0.6 is 0 Å². The Bertz CT molecular complexity index is 600. The van der Waals surface area contributed by atoms with Crippen LogP contribution in [0.1, 0.15) is 23.6 Å². The Morgan fingerprint density at radius 1 is 1.10 bits per heavy atom. The van der Waals surface area contributed by atoms with Gasteiger partial charge in [-0.1, -0.05) is 48.9 Å². The number of benzene rings is 2. The van der Waals surface area contributed by atoms with E-state index in [1.807, 2.05) is 12.1 Å². The van der Waals surface area contributed by atoms with Crippen molar-refractivity contribution in [2.45, 2.75) is 26.7 Å². The molecule has 0 aliphatic heterocycles. The SMILES string of the molecule is CCc1cccc(NC(N)=NCCc2ccc(C)cc2)c1. The molecule has 3 nitrogen and oxygen atoms in total. The minimum atomic E-state index is 0.468. The van der Waals surface area contributed by atoms with Crippen LogP contribution in [-0.2, 0) is 12.8 Å². The van der Waals surface area contributed by atoms with Crippen LogP contribution in [0, 0.1) is 6.92 Å². The van der Waals surface area contributed by atoms with Crippen molar-refractivity contribution in [2.24, 2.45) is 10.7 Å². The third kappa shape index (κ3) is 4.95. The minimum Gasteiger partial charge on any atom is -0.370 e. The van der Waals surface area contributed by atoms with Crippen molar-refractivity contribution in [3.8, 4) is 0 Å². The first-order valence-corrected chi connectivity index (χ1v) is 7.39. The molecular formula is C18H23N3. The van der Waals surface area contributed by atoms with E-state index in [-0.39, 0.29) is 0 Å². The van der Waals surface area contributed by atoms with E-state index >= 15 is 0 Å². The molecule has 0 fully saturated rings. The van der Waals surface area contributed by atoms with Gasteiger partial charge >= 0.3 is 0 Å². The van der Waals surface area contributed by atoms with Gasteiger partial charge in [0.1, 0.15) is 0 Å². The van der Waals surface area contributed by atoms with Gasteiger partial charge in [0.15, 0.2) is 5.96 Å². The average molecular weight is 281 g/mol. The lowest BCUT2D eigenvalue weighted by Crippen LogP contribution is -2.23. The lowest BCUT2D eigenvalue weighted by atomic mass is 10.1. The predicted molar refractivity (Wildman–Crippen MR) is 90.8 cm³/mol. The van der Waals surface area contributed by atoms with Crippen molar-refractivity contribution in [1.29, 1.82) is 0 Å². The maximum atomic E-state index is 5.92. The minimum absolute atomic E-state index is 0.468. The van der Waals surface area contributed by atoms with E-state index in [4.69, 9.17) is 5.73 Å². The van der Waals surface area contributed by atoms with Crippen molar-refractivity contribution in [1.82, 2.24) is 0 Å². The fourth-order valence-corrected chi connectivity index (χ4v) is 2.12. The van der Waals surface area contributed by atoms with E-state index in [2.05, 4.69) is 60.6 Å². The molecule has 0 atom stereocenters. The number of aliphatic imine (C=N–C) groups is 1. The molecule has 0 aliphatic rings. The highest BCUT2D eigenvalue weighted by Crippen LogP contribution is 2.10. The Balaban J connectivity index is 1.87. The van der Waals surface area contributed by atoms with Crippen molar-refractivity contribution in [3.63, 3.8) is 0 Å². The molecule has 110 valence electrons. The molecule has 0 heterocycles. The van der Waals surface area contributed by atoms with Crippen molar-refractivity contribution in [2.75, 3.05) is 11.9 Å². The number of anilines is 1. The molecule has 2 rings (SSSR count). The lowest BCUT2D eigenvalue weighted by molar-refractivity contribution is 0.963. The summed E-state index contributed by atoms with van der Waals surface area (Å²) in [4.78, 5) is 4.38. The summed E-state index contributed by atoms with van der Waals surface area (Å²) in [5.41, 5.74) is 10.8. The van der Waals surface area contributed by atoms with Crippen LogP contribution in [0.15, 0.2) is 53.5 Å². The van der Waals surface area contributed by atoms with Crippen LogP contribution in [-0.4, -0.2) is 12.5 Å². The van der Waals surface area contributed by atoms with Gasteiger partial charge in [0.05, 0.1) is 0 Å². The Hall–Kier alpha value is -2.29. The first-order chi connectivity index (χ1) is 10.2. The zero-order valence-electron chi connectivity index (χ0n) is 12.8. The van der Waals surface area contributed by atoms with Crippen molar-refractivity contribution < 1.29 is 0 Å². The van der Waals surface area contributed by atoms with Crippen LogP contribution in [0.2, 0.25) is 0 Å². The molecule has 0 spiro atoms. The summed E-state index contributed by atoms with van der Waals surface area (Å²) in [5.74, 6) is 0.468. The van der Waals surface area contributed by atoms with E-state index in [0.29, 0.717) is 12.5 Å². The Morgan fingerprint density at radius 2 is 1.86 bits per heavy atom. The van der Waals surface area contributed by atoms with Gasteiger partial charge < -0.3 is 11.1 Å². The van der Waals surface area contributed by atoms with E-state index in [9.17, 15) is 0 Å². The van der Waals surface area contributed by atoms with E-state index in [1.54, 1.807) is 0 Å². The predicted octanol–water partition coefficient (Wildman–Crippen LogP) is 3.53. The number of nitrogens with one attached hydrogen (secondary N) is 1. The molecule has 0 radical (unpaired) electrons. The lowest BCUT2D eigenvalue weighted by Gasteiger charge is -2.07. The number of rotatable bonds is 5. The average Bonchev–Trinajstić information content (AvgIpc) is 2.49. The van der Waals surface area contributed by atoms with Crippen LogP contribution in [0.3, 0.4) is 0 Å². The van der Waals surface area contributed by atoms with Gasteiger partial charge in [-0.15, -0.1) is 0 Å². The summed E-state index contributed by atoms with van der Waals surface area (Å²) in [6.45, 7) is 4.92. The zero-order chi connectivity index (χ0) is 15.1. The van der Waals surface area contributed by atoms with Crippen LogP contribution in [0.25, 0.3) is 0 Å². The fraction of sp³-hybridized carbons (Fsp3) is 0.278. The highest BCUT2D eigenvalue weighted by Gasteiger charge is 1.97. The van der Waals surface area contributed by atoms with Gasteiger partial charge in [-0.3, -0.25) is 4.99 Å². The first-order valence-electron chi connectivity index (χ1n) is 7.39. The largest absolute Gasteiger partial charge is 0.370 e. The molecule has 0 aromatic heterocycles. The second-order valence-corrected chi connectivity index (χ2v) is 5.18. The molecular weight excluding hydrogens is 258 g/mol. The number of hydrogen-bond acceptors (Lipinski definition) is 1. The van der Waals surface area contributed by atoms with E-state index in [1.165, 1.54) is 16.7 Å². The van der Waals surface area contributed by atoms with Crippen molar-refractivity contribution in [3.05, 3.63) is 65.2 Å². The van der Waals surface area contributed by atoms with E-state index in [0.717, 1.165) is 18.5 Å². The summed E-state index contributed by atoms with van der Waals surface area (Å²) in [6.07, 6.45) is 1.91. The highest BCUT2D eigenvalue weighted by molar-refractivity contribution is 5.92. The summed E-state index contributed by atoms with van der Waals surface area (Å²) in [6, 6.07) is 16.8. The van der Waals surface area contributed by atoms with Crippen LogP contribution in [0.5, 0.6) is 0 Å². The molecule has 2 aromatic rings. The summed E-state index contributed by atoms with van der Waals surface area (Å²) < 4.78 is 0. The van der Waals surface area contributed by atoms with Crippen LogP contribution in [0.4, 0.5) is 5.69 Å². The highest BCUT2D eigenvalue weighted by atomic mass is 15.1. The van der Waals surface area contributed by atoms with Gasteiger partial charge in [-0.2, -0.15) is 0 Å². The van der Waals surface area contributed by atoms with E-state index < -0.39 is 0 Å². The monoisotopic (exact) mass is 281 g/mol. The molecule has 0 bridgehead atoms. The number of guanidine groups is 1. The molecule has 0 unspecified atom stereocenters. The number of nitrogens with zero attached hydrogens (tertiary/aromatic N) is 1. The molecule has 2 aromatic carbocycles. The zero-order valence-corrected chi connectivity index (χ0v) is 12.8. The first kappa shape index (κ1) is 15.1. The molecule has 3 heteroatoms. The number of aryl methyl sites for hydroxylation is 2. The smallest absolute Gasteiger partial charge is 0.193 e. The Kier molecular flexibility index (Phi) is 5.38. The van der Waals surface area contributed by atoms with Gasteiger partial charge in [0.25, 0.3) is 0 Å². The van der Waals surface area contributed by atoms with Gasteiger partial charge in [0.2, 0.25) is 0 Å². The van der Waals surface area contributed by atoms with Crippen LogP contribution < -0.4 is 11.1 Å². The Morgan fingerprint density at radius 3 is 2.57 bits per heavy atom. The maximum Gasteiger partial charge on any atom is 0.193 e. The summed E-state index contributed by atoms with van der Waals surface area (Å²) in [5, 5.41) is 3.14. The normalized spacial score (nSPS) is 11.4. The molecule has 0 aliphatic carbocycles. The fourth-order valence-electron chi connectivity index (χ4n) is 2.12. The topological polar surface area (TPSA) is 50.4 Å². The molecule has 0 saturated heterocycles. The standard InChI is InChI=1S/C18H23N3/c1-3-15-5-4-6-17(13-15)21-18(19)20-12-11-16-9-7-14(2)8-10-16/h4-10,13H,3,11-12H2,1-2H3,(H3,19,20,21). The number of nitrogens with two attached hydrogens (primary N) is 1. The third-order valence-corrected chi connectivity index (χ3v) is 3.41. The quantitative estimate of drug-likeness (QED) is 0.650. The second kappa shape index (κ2) is 7.48. The molecule has 0 amide bonds. The summed E-state index contributed by atoms with van der Waals surface area (Å²) in [7, 11) is 0. The summed E-state index contributed by atoms with van der Waals surface area (Å²) >= 11 is 0. The second-order valence-electron chi connectivity index (χ2n) is 5.18. The molecule has 21 heavy (non-hydrogen) atoms.